The Kier molecular flexibility index (Phi) is 8.69. The van der Waals surface area contributed by atoms with Crippen LogP contribution in [0.15, 0.2) is 66.7 Å². The summed E-state index contributed by atoms with van der Waals surface area (Å²) < 4.78 is 17.9. The quantitative estimate of drug-likeness (QED) is 0.425. The minimum atomic E-state index is -0.0177. The Morgan fingerprint density at radius 1 is 0.912 bits per heavy atom. The van der Waals surface area contributed by atoms with Crippen molar-refractivity contribution in [2.45, 2.75) is 26.0 Å². The van der Waals surface area contributed by atoms with Crippen molar-refractivity contribution in [1.82, 2.24) is 10.2 Å². The van der Waals surface area contributed by atoms with Gasteiger partial charge in [0.05, 0.1) is 19.8 Å². The molecule has 34 heavy (non-hydrogen) atoms. The zero-order valence-electron chi connectivity index (χ0n) is 19.9. The second-order valence-corrected chi connectivity index (χ2v) is 8.78. The zero-order valence-corrected chi connectivity index (χ0v) is 20.7. The average molecular weight is 481 g/mol. The molecule has 3 aromatic rings. The van der Waals surface area contributed by atoms with E-state index in [1.165, 1.54) is 0 Å². The molecule has 0 saturated carbocycles. The van der Waals surface area contributed by atoms with Gasteiger partial charge in [0.1, 0.15) is 12.4 Å². The summed E-state index contributed by atoms with van der Waals surface area (Å²) in [7, 11) is 1.71. The Hall–Kier alpha value is -2.73. The van der Waals surface area contributed by atoms with E-state index in [2.05, 4.69) is 34.5 Å². The molecule has 1 aliphatic heterocycles. The van der Waals surface area contributed by atoms with Crippen LogP contribution < -0.4 is 19.5 Å². The molecule has 0 amide bonds. The van der Waals surface area contributed by atoms with Crippen molar-refractivity contribution in [3.8, 4) is 17.2 Å². The molecule has 5 nitrogen and oxygen atoms in total. The molecule has 1 atom stereocenters. The maximum atomic E-state index is 6.45. The third kappa shape index (κ3) is 6.03. The van der Waals surface area contributed by atoms with Crippen LogP contribution in [0.25, 0.3) is 0 Å². The van der Waals surface area contributed by atoms with Gasteiger partial charge in [-0.3, -0.25) is 4.90 Å². The minimum Gasteiger partial charge on any atom is -0.496 e. The molecule has 1 saturated heterocycles. The predicted molar refractivity (Wildman–Crippen MR) is 137 cm³/mol. The number of methoxy groups -OCH3 is 1. The summed E-state index contributed by atoms with van der Waals surface area (Å²) in [6.45, 7) is 6.90. The van der Waals surface area contributed by atoms with Gasteiger partial charge >= 0.3 is 0 Å². The van der Waals surface area contributed by atoms with E-state index in [1.54, 1.807) is 7.11 Å². The lowest BCUT2D eigenvalue weighted by Gasteiger charge is -2.32. The van der Waals surface area contributed by atoms with Gasteiger partial charge in [0.15, 0.2) is 11.5 Å². The van der Waals surface area contributed by atoms with Gasteiger partial charge in [0.2, 0.25) is 0 Å². The first-order chi connectivity index (χ1) is 16.7. The Bertz CT molecular complexity index is 1050. The van der Waals surface area contributed by atoms with Crippen molar-refractivity contribution in [1.29, 1.82) is 0 Å². The summed E-state index contributed by atoms with van der Waals surface area (Å²) in [5, 5.41) is 4.20. The maximum Gasteiger partial charge on any atom is 0.161 e. The molecule has 1 unspecified atom stereocenters. The lowest BCUT2D eigenvalue weighted by molar-refractivity contribution is 0.234. The highest BCUT2D eigenvalue weighted by molar-refractivity contribution is 6.30. The van der Waals surface area contributed by atoms with Gasteiger partial charge in [-0.25, -0.2) is 0 Å². The standard InChI is InChI=1S/C28H33ClN2O3/c1-3-33-27-18-22(10-12-26(27)34-20-21-8-5-4-6-9-21)28(31-16-7-14-30-15-17-31)24-19-23(29)11-13-25(24)32-2/h4-6,8-13,18-19,28,30H,3,7,14-17,20H2,1-2H3. The summed E-state index contributed by atoms with van der Waals surface area (Å²) in [6, 6.07) is 22.2. The van der Waals surface area contributed by atoms with Crippen LogP contribution in [0.3, 0.4) is 0 Å². The smallest absolute Gasteiger partial charge is 0.161 e. The average Bonchev–Trinajstić information content (AvgIpc) is 3.14. The summed E-state index contributed by atoms with van der Waals surface area (Å²) in [4.78, 5) is 2.49. The molecule has 0 spiro atoms. The van der Waals surface area contributed by atoms with E-state index >= 15 is 0 Å². The highest BCUT2D eigenvalue weighted by Gasteiger charge is 2.27. The first-order valence-corrected chi connectivity index (χ1v) is 12.3. The second kappa shape index (κ2) is 12.1. The molecule has 3 aromatic carbocycles. The SMILES string of the molecule is CCOc1cc(C(c2cc(Cl)ccc2OC)N2CCCNCC2)ccc1OCc1ccccc1. The minimum absolute atomic E-state index is 0.0177. The first kappa shape index (κ1) is 24.4. The third-order valence-corrected chi connectivity index (χ3v) is 6.28. The van der Waals surface area contributed by atoms with Gasteiger partial charge in [0, 0.05) is 30.2 Å². The van der Waals surface area contributed by atoms with Crippen LogP contribution in [-0.2, 0) is 6.61 Å². The van der Waals surface area contributed by atoms with Crippen molar-refractivity contribution in [2.75, 3.05) is 39.9 Å². The van der Waals surface area contributed by atoms with Gasteiger partial charge in [-0.2, -0.15) is 0 Å². The van der Waals surface area contributed by atoms with Crippen LogP contribution in [0.1, 0.15) is 36.1 Å². The Balaban J connectivity index is 1.71. The molecular weight excluding hydrogens is 448 g/mol. The van der Waals surface area contributed by atoms with Crippen LogP contribution in [0, 0.1) is 0 Å². The van der Waals surface area contributed by atoms with Crippen molar-refractivity contribution in [3.05, 3.63) is 88.4 Å². The van der Waals surface area contributed by atoms with E-state index in [-0.39, 0.29) is 6.04 Å². The monoisotopic (exact) mass is 480 g/mol. The Morgan fingerprint density at radius 2 is 1.74 bits per heavy atom. The van der Waals surface area contributed by atoms with Gasteiger partial charge in [0.25, 0.3) is 0 Å². The van der Waals surface area contributed by atoms with E-state index in [0.29, 0.717) is 18.2 Å². The highest BCUT2D eigenvalue weighted by atomic mass is 35.5. The summed E-state index contributed by atoms with van der Waals surface area (Å²) >= 11 is 6.45. The van der Waals surface area contributed by atoms with Crippen molar-refractivity contribution < 1.29 is 14.2 Å². The van der Waals surface area contributed by atoms with E-state index in [9.17, 15) is 0 Å². The zero-order chi connectivity index (χ0) is 23.8. The van der Waals surface area contributed by atoms with Crippen LogP contribution in [0.4, 0.5) is 0 Å². The van der Waals surface area contributed by atoms with E-state index in [0.717, 1.165) is 66.5 Å². The molecule has 1 aliphatic rings. The number of benzene rings is 3. The molecule has 180 valence electrons. The number of halogens is 1. The number of nitrogens with zero attached hydrogens (tertiary/aromatic N) is 1. The molecule has 1 N–H and O–H groups in total. The molecule has 1 heterocycles. The maximum absolute atomic E-state index is 6.45. The van der Waals surface area contributed by atoms with Crippen LogP contribution in [0.5, 0.6) is 17.2 Å². The van der Waals surface area contributed by atoms with Gasteiger partial charge < -0.3 is 19.5 Å². The first-order valence-electron chi connectivity index (χ1n) is 11.9. The summed E-state index contributed by atoms with van der Waals surface area (Å²) in [6.07, 6.45) is 1.08. The molecule has 0 bridgehead atoms. The van der Waals surface area contributed by atoms with Gasteiger partial charge in [-0.05, 0) is 61.3 Å². The molecular formula is C28H33ClN2O3. The third-order valence-electron chi connectivity index (χ3n) is 6.05. The number of nitrogens with one attached hydrogen (secondary N) is 1. The fourth-order valence-electron chi connectivity index (χ4n) is 4.45. The number of hydrogen-bond donors (Lipinski definition) is 1. The molecule has 4 rings (SSSR count). The van der Waals surface area contributed by atoms with Gasteiger partial charge in [-0.1, -0.05) is 48.0 Å². The number of rotatable bonds is 9. The molecule has 1 fully saturated rings. The highest BCUT2D eigenvalue weighted by Crippen LogP contribution is 2.40. The largest absolute Gasteiger partial charge is 0.496 e. The van der Waals surface area contributed by atoms with E-state index in [1.807, 2.05) is 49.4 Å². The lowest BCUT2D eigenvalue weighted by atomic mass is 9.95. The number of ether oxygens (including phenoxy) is 3. The summed E-state index contributed by atoms with van der Waals surface area (Å²) in [5.74, 6) is 2.31. The molecule has 0 radical (unpaired) electrons. The van der Waals surface area contributed by atoms with Crippen LogP contribution in [-0.4, -0.2) is 44.8 Å². The topological polar surface area (TPSA) is 43.0 Å². The van der Waals surface area contributed by atoms with Crippen molar-refractivity contribution in [3.63, 3.8) is 0 Å². The van der Waals surface area contributed by atoms with Crippen molar-refractivity contribution in [2.24, 2.45) is 0 Å². The molecule has 0 aromatic heterocycles. The Labute approximate surface area is 207 Å². The van der Waals surface area contributed by atoms with Crippen molar-refractivity contribution >= 4 is 11.6 Å². The lowest BCUT2D eigenvalue weighted by Crippen LogP contribution is -2.33. The fourth-order valence-corrected chi connectivity index (χ4v) is 4.63. The molecule has 0 aliphatic carbocycles. The second-order valence-electron chi connectivity index (χ2n) is 8.34. The predicted octanol–water partition coefficient (Wildman–Crippen LogP) is 5.71. The van der Waals surface area contributed by atoms with Crippen LogP contribution >= 0.6 is 11.6 Å². The molecule has 6 heteroatoms. The van der Waals surface area contributed by atoms with E-state index in [4.69, 9.17) is 25.8 Å². The van der Waals surface area contributed by atoms with Gasteiger partial charge in [-0.15, -0.1) is 0 Å². The number of hydrogen-bond acceptors (Lipinski definition) is 5. The van der Waals surface area contributed by atoms with E-state index < -0.39 is 0 Å². The summed E-state index contributed by atoms with van der Waals surface area (Å²) in [5.41, 5.74) is 3.29. The Morgan fingerprint density at radius 3 is 2.53 bits per heavy atom. The fraction of sp³-hybridized carbons (Fsp3) is 0.357. The van der Waals surface area contributed by atoms with Crippen LogP contribution in [0.2, 0.25) is 5.02 Å². The normalized spacial score (nSPS) is 15.4.